The lowest BCUT2D eigenvalue weighted by molar-refractivity contribution is -0.0684. The van der Waals surface area contributed by atoms with Crippen LogP contribution in [0.25, 0.3) is 0 Å². The van der Waals surface area contributed by atoms with Crippen molar-refractivity contribution in [1.29, 1.82) is 0 Å². The van der Waals surface area contributed by atoms with E-state index in [2.05, 4.69) is 0 Å². The van der Waals surface area contributed by atoms with Gasteiger partial charge in [-0.25, -0.2) is 0 Å². The summed E-state index contributed by atoms with van der Waals surface area (Å²) in [7, 11) is 0. The molecule has 1 saturated heterocycles. The SMILES string of the molecule is Cc1ccc(OCC2OCCO2)cc1Cl. The standard InChI is InChI=1S/C11H13ClO3/c1-8-2-3-9(6-10(8)12)15-7-11-13-4-5-14-11/h2-3,6,11H,4-5,7H2,1H3. The summed E-state index contributed by atoms with van der Waals surface area (Å²) in [5, 5.41) is 0.709. The highest BCUT2D eigenvalue weighted by molar-refractivity contribution is 6.31. The highest BCUT2D eigenvalue weighted by atomic mass is 35.5. The summed E-state index contributed by atoms with van der Waals surface area (Å²) < 4.78 is 16.0. The van der Waals surface area contributed by atoms with Crippen LogP contribution in [0.1, 0.15) is 5.56 Å². The number of benzene rings is 1. The number of hydrogen-bond donors (Lipinski definition) is 0. The van der Waals surface area contributed by atoms with Gasteiger partial charge in [-0.05, 0) is 24.6 Å². The molecule has 0 atom stereocenters. The van der Waals surface area contributed by atoms with Crippen LogP contribution in [0.3, 0.4) is 0 Å². The predicted molar refractivity (Wildman–Crippen MR) is 57.4 cm³/mol. The Morgan fingerprint density at radius 2 is 2.13 bits per heavy atom. The van der Waals surface area contributed by atoms with E-state index in [1.807, 2.05) is 19.1 Å². The fourth-order valence-electron chi connectivity index (χ4n) is 1.33. The topological polar surface area (TPSA) is 27.7 Å². The lowest BCUT2D eigenvalue weighted by Crippen LogP contribution is -2.18. The molecule has 15 heavy (non-hydrogen) atoms. The van der Waals surface area contributed by atoms with Gasteiger partial charge in [0.15, 0.2) is 6.29 Å². The first-order valence-electron chi connectivity index (χ1n) is 4.88. The average Bonchev–Trinajstić information content (AvgIpc) is 2.73. The maximum absolute atomic E-state index is 5.97. The van der Waals surface area contributed by atoms with Crippen LogP contribution in [-0.2, 0) is 9.47 Å². The lowest BCUT2D eigenvalue weighted by atomic mass is 10.2. The van der Waals surface area contributed by atoms with Gasteiger partial charge in [-0.2, -0.15) is 0 Å². The summed E-state index contributed by atoms with van der Waals surface area (Å²) in [6.45, 7) is 3.64. The second kappa shape index (κ2) is 4.84. The monoisotopic (exact) mass is 228 g/mol. The molecule has 0 spiro atoms. The number of rotatable bonds is 3. The van der Waals surface area contributed by atoms with Crippen LogP contribution in [0.4, 0.5) is 0 Å². The molecule has 82 valence electrons. The van der Waals surface area contributed by atoms with Crippen LogP contribution in [0.5, 0.6) is 5.75 Å². The van der Waals surface area contributed by atoms with Gasteiger partial charge >= 0.3 is 0 Å². The molecule has 0 saturated carbocycles. The van der Waals surface area contributed by atoms with Gasteiger partial charge in [0.25, 0.3) is 0 Å². The number of ether oxygens (including phenoxy) is 3. The largest absolute Gasteiger partial charge is 0.488 e. The zero-order valence-corrected chi connectivity index (χ0v) is 9.29. The van der Waals surface area contributed by atoms with Crippen LogP contribution >= 0.6 is 11.6 Å². The minimum absolute atomic E-state index is 0.245. The second-order valence-corrected chi connectivity index (χ2v) is 3.80. The van der Waals surface area contributed by atoms with E-state index in [9.17, 15) is 0 Å². The van der Waals surface area contributed by atoms with E-state index in [4.69, 9.17) is 25.8 Å². The van der Waals surface area contributed by atoms with Crippen LogP contribution in [-0.4, -0.2) is 26.1 Å². The summed E-state index contributed by atoms with van der Waals surface area (Å²) in [5.41, 5.74) is 1.04. The van der Waals surface area contributed by atoms with Crippen molar-refractivity contribution in [2.75, 3.05) is 19.8 Å². The molecule has 1 aromatic rings. The van der Waals surface area contributed by atoms with Crippen LogP contribution < -0.4 is 4.74 Å². The third-order valence-electron chi connectivity index (χ3n) is 2.22. The molecule has 2 rings (SSSR count). The highest BCUT2D eigenvalue weighted by Gasteiger charge is 2.16. The Morgan fingerprint density at radius 1 is 1.40 bits per heavy atom. The van der Waals surface area contributed by atoms with Crippen molar-refractivity contribution >= 4 is 11.6 Å². The Balaban J connectivity index is 1.90. The molecule has 1 fully saturated rings. The van der Waals surface area contributed by atoms with E-state index >= 15 is 0 Å². The zero-order chi connectivity index (χ0) is 10.7. The smallest absolute Gasteiger partial charge is 0.191 e. The van der Waals surface area contributed by atoms with Gasteiger partial charge in [0.1, 0.15) is 12.4 Å². The molecule has 0 aromatic heterocycles. The number of hydrogen-bond acceptors (Lipinski definition) is 3. The number of aryl methyl sites for hydroxylation is 1. The Kier molecular flexibility index (Phi) is 3.46. The Morgan fingerprint density at radius 3 is 2.80 bits per heavy atom. The van der Waals surface area contributed by atoms with Crippen molar-refractivity contribution in [3.63, 3.8) is 0 Å². The highest BCUT2D eigenvalue weighted by Crippen LogP contribution is 2.22. The first kappa shape index (κ1) is 10.7. The van der Waals surface area contributed by atoms with Crippen molar-refractivity contribution in [2.45, 2.75) is 13.2 Å². The molecular formula is C11H13ClO3. The molecule has 0 aliphatic carbocycles. The fourth-order valence-corrected chi connectivity index (χ4v) is 1.50. The maximum Gasteiger partial charge on any atom is 0.191 e. The van der Waals surface area contributed by atoms with Crippen molar-refractivity contribution in [3.05, 3.63) is 28.8 Å². The summed E-state index contributed by atoms with van der Waals surface area (Å²) in [6.07, 6.45) is -0.245. The normalized spacial score (nSPS) is 16.9. The van der Waals surface area contributed by atoms with Gasteiger partial charge in [-0.1, -0.05) is 17.7 Å². The van der Waals surface area contributed by atoms with Crippen LogP contribution in [0, 0.1) is 6.92 Å². The summed E-state index contributed by atoms with van der Waals surface area (Å²) in [6, 6.07) is 5.61. The van der Waals surface area contributed by atoms with Gasteiger partial charge in [0.2, 0.25) is 0 Å². The molecule has 0 bridgehead atoms. The van der Waals surface area contributed by atoms with E-state index in [1.54, 1.807) is 6.07 Å². The van der Waals surface area contributed by atoms with E-state index in [-0.39, 0.29) is 6.29 Å². The molecule has 1 aromatic carbocycles. The van der Waals surface area contributed by atoms with Crippen molar-refractivity contribution in [3.8, 4) is 5.75 Å². The predicted octanol–water partition coefficient (Wildman–Crippen LogP) is 2.40. The first-order valence-corrected chi connectivity index (χ1v) is 5.25. The van der Waals surface area contributed by atoms with E-state index in [1.165, 1.54) is 0 Å². The first-order chi connectivity index (χ1) is 7.25. The maximum atomic E-state index is 5.97. The Bertz CT molecular complexity index is 335. The number of halogens is 1. The van der Waals surface area contributed by atoms with E-state index in [0.29, 0.717) is 24.8 Å². The molecule has 3 nitrogen and oxygen atoms in total. The van der Waals surface area contributed by atoms with Crippen LogP contribution in [0.2, 0.25) is 5.02 Å². The van der Waals surface area contributed by atoms with Crippen molar-refractivity contribution < 1.29 is 14.2 Å². The molecule has 0 unspecified atom stereocenters. The summed E-state index contributed by atoms with van der Waals surface area (Å²) in [5.74, 6) is 0.740. The molecule has 1 aliphatic rings. The zero-order valence-electron chi connectivity index (χ0n) is 8.53. The molecule has 0 radical (unpaired) electrons. The summed E-state index contributed by atoms with van der Waals surface area (Å²) >= 11 is 5.97. The summed E-state index contributed by atoms with van der Waals surface area (Å²) in [4.78, 5) is 0. The van der Waals surface area contributed by atoms with Crippen molar-refractivity contribution in [2.24, 2.45) is 0 Å². The Hall–Kier alpha value is -0.770. The molecule has 4 heteroatoms. The fraction of sp³-hybridized carbons (Fsp3) is 0.455. The minimum atomic E-state index is -0.245. The molecular weight excluding hydrogens is 216 g/mol. The molecule has 1 aliphatic heterocycles. The third-order valence-corrected chi connectivity index (χ3v) is 2.63. The lowest BCUT2D eigenvalue weighted by Gasteiger charge is -2.11. The molecule has 0 amide bonds. The average molecular weight is 229 g/mol. The van der Waals surface area contributed by atoms with E-state index in [0.717, 1.165) is 11.3 Å². The van der Waals surface area contributed by atoms with Gasteiger partial charge in [0.05, 0.1) is 13.2 Å². The van der Waals surface area contributed by atoms with Gasteiger partial charge in [-0.15, -0.1) is 0 Å². The Labute approximate surface area is 93.9 Å². The third kappa shape index (κ3) is 2.84. The molecule has 1 heterocycles. The van der Waals surface area contributed by atoms with Gasteiger partial charge in [0, 0.05) is 5.02 Å². The van der Waals surface area contributed by atoms with Crippen molar-refractivity contribution in [1.82, 2.24) is 0 Å². The van der Waals surface area contributed by atoms with Crippen LogP contribution in [0.15, 0.2) is 18.2 Å². The van der Waals surface area contributed by atoms with Gasteiger partial charge < -0.3 is 14.2 Å². The second-order valence-electron chi connectivity index (χ2n) is 3.39. The molecule has 0 N–H and O–H groups in total. The minimum Gasteiger partial charge on any atom is -0.488 e. The quantitative estimate of drug-likeness (QED) is 0.795. The van der Waals surface area contributed by atoms with E-state index < -0.39 is 0 Å². The van der Waals surface area contributed by atoms with Gasteiger partial charge in [-0.3, -0.25) is 0 Å².